The van der Waals surface area contributed by atoms with Gasteiger partial charge >= 0.3 is 0 Å². The molecule has 0 saturated heterocycles. The summed E-state index contributed by atoms with van der Waals surface area (Å²) in [5.41, 5.74) is 5.44. The van der Waals surface area contributed by atoms with Gasteiger partial charge in [-0.05, 0) is 48.7 Å². The highest BCUT2D eigenvalue weighted by atomic mass is 35.5. The molecule has 0 radical (unpaired) electrons. The van der Waals surface area contributed by atoms with E-state index in [-0.39, 0.29) is 0 Å². The van der Waals surface area contributed by atoms with Crippen LogP contribution in [0.5, 0.6) is 0 Å². The third-order valence-electron chi connectivity index (χ3n) is 4.99. The number of nitrogens with one attached hydrogen (secondary N) is 1. The lowest BCUT2D eigenvalue weighted by atomic mass is 10.0. The summed E-state index contributed by atoms with van der Waals surface area (Å²) in [5.74, 6) is 1.32. The number of anilines is 2. The molecule has 0 saturated carbocycles. The first-order chi connectivity index (χ1) is 13.9. The molecule has 2 aromatic heterocycles. The highest BCUT2D eigenvalue weighted by Crippen LogP contribution is 2.32. The Hall–Kier alpha value is -3.12. The molecule has 1 N–H and O–H groups in total. The minimum atomic E-state index is 0.513. The molecule has 0 aliphatic rings. The van der Waals surface area contributed by atoms with Crippen LogP contribution >= 0.6 is 11.6 Å². The summed E-state index contributed by atoms with van der Waals surface area (Å²) in [7, 11) is 3.93. The number of benzene rings is 2. The minimum absolute atomic E-state index is 0.513. The molecule has 0 fully saturated rings. The van der Waals surface area contributed by atoms with E-state index in [0.717, 1.165) is 22.4 Å². The molecule has 0 amide bonds. The van der Waals surface area contributed by atoms with Crippen LogP contribution in [0, 0.1) is 13.8 Å². The SMILES string of the molecule is Cc1cccc(C)c1CNc1cc2c(N(C)C)nc(-n3cccn3)nc2cc1Cl. The van der Waals surface area contributed by atoms with Gasteiger partial charge in [-0.2, -0.15) is 10.1 Å². The summed E-state index contributed by atoms with van der Waals surface area (Å²) in [6.07, 6.45) is 3.53. The first-order valence-corrected chi connectivity index (χ1v) is 9.79. The fourth-order valence-electron chi connectivity index (χ4n) is 3.40. The van der Waals surface area contributed by atoms with Crippen molar-refractivity contribution >= 4 is 34.0 Å². The maximum Gasteiger partial charge on any atom is 0.253 e. The lowest BCUT2D eigenvalue weighted by molar-refractivity contribution is 0.812. The third-order valence-corrected chi connectivity index (χ3v) is 5.30. The van der Waals surface area contributed by atoms with E-state index in [2.05, 4.69) is 47.4 Å². The maximum atomic E-state index is 6.60. The van der Waals surface area contributed by atoms with E-state index in [1.165, 1.54) is 16.7 Å². The predicted octanol–water partition coefficient (Wildman–Crippen LogP) is 4.76. The molecule has 29 heavy (non-hydrogen) atoms. The van der Waals surface area contributed by atoms with Crippen LogP contribution in [0.1, 0.15) is 16.7 Å². The van der Waals surface area contributed by atoms with Crippen molar-refractivity contribution in [2.45, 2.75) is 20.4 Å². The largest absolute Gasteiger partial charge is 0.380 e. The molecule has 0 bridgehead atoms. The van der Waals surface area contributed by atoms with Gasteiger partial charge in [0, 0.05) is 38.4 Å². The van der Waals surface area contributed by atoms with Crippen LogP contribution in [0.3, 0.4) is 0 Å². The van der Waals surface area contributed by atoms with E-state index in [9.17, 15) is 0 Å². The van der Waals surface area contributed by atoms with Crippen LogP contribution < -0.4 is 10.2 Å². The van der Waals surface area contributed by atoms with Crippen LogP contribution in [0.25, 0.3) is 16.9 Å². The first-order valence-electron chi connectivity index (χ1n) is 9.41. The van der Waals surface area contributed by atoms with Gasteiger partial charge in [0.05, 0.1) is 16.2 Å². The van der Waals surface area contributed by atoms with Gasteiger partial charge in [-0.15, -0.1) is 0 Å². The van der Waals surface area contributed by atoms with Crippen LogP contribution in [0.2, 0.25) is 5.02 Å². The minimum Gasteiger partial charge on any atom is -0.380 e. The Morgan fingerprint density at radius 2 is 1.83 bits per heavy atom. The molecule has 2 aromatic carbocycles. The zero-order chi connectivity index (χ0) is 20.5. The fourth-order valence-corrected chi connectivity index (χ4v) is 3.62. The predicted molar refractivity (Wildman–Crippen MR) is 119 cm³/mol. The van der Waals surface area contributed by atoms with E-state index >= 15 is 0 Å². The maximum absolute atomic E-state index is 6.60. The van der Waals surface area contributed by atoms with Gasteiger partial charge < -0.3 is 10.2 Å². The second-order valence-electron chi connectivity index (χ2n) is 7.27. The number of hydrogen-bond acceptors (Lipinski definition) is 5. The topological polar surface area (TPSA) is 58.9 Å². The summed E-state index contributed by atoms with van der Waals surface area (Å²) >= 11 is 6.60. The van der Waals surface area contributed by atoms with E-state index in [0.29, 0.717) is 17.5 Å². The van der Waals surface area contributed by atoms with Crippen LogP contribution in [-0.4, -0.2) is 33.8 Å². The van der Waals surface area contributed by atoms with Crippen molar-refractivity contribution in [1.82, 2.24) is 19.7 Å². The van der Waals surface area contributed by atoms with Crippen molar-refractivity contribution in [2.75, 3.05) is 24.3 Å². The number of halogens is 1. The summed E-state index contributed by atoms with van der Waals surface area (Å²) in [5, 5.41) is 9.28. The van der Waals surface area contributed by atoms with Gasteiger partial charge in [-0.1, -0.05) is 29.8 Å². The number of aromatic nitrogens is 4. The van der Waals surface area contributed by atoms with E-state index < -0.39 is 0 Å². The molecule has 0 aliphatic heterocycles. The Kier molecular flexibility index (Phi) is 5.11. The molecule has 7 heteroatoms. The number of rotatable bonds is 5. The number of hydrogen-bond donors (Lipinski definition) is 1. The molecular weight excluding hydrogens is 384 g/mol. The van der Waals surface area contributed by atoms with Gasteiger partial charge in [0.1, 0.15) is 5.82 Å². The highest BCUT2D eigenvalue weighted by molar-refractivity contribution is 6.34. The van der Waals surface area contributed by atoms with Crippen molar-refractivity contribution in [1.29, 1.82) is 0 Å². The normalized spacial score (nSPS) is 11.1. The van der Waals surface area contributed by atoms with Crippen LogP contribution in [-0.2, 0) is 6.54 Å². The van der Waals surface area contributed by atoms with Gasteiger partial charge in [-0.3, -0.25) is 0 Å². The Labute approximate surface area is 175 Å². The standard InChI is InChI=1S/C22H23ClN6/c1-14-7-5-8-15(2)17(14)13-24-20-11-16-19(12-18(20)23)26-22(27-21(16)28(3)4)29-10-6-9-25-29/h5-12,24H,13H2,1-4H3. The van der Waals surface area contributed by atoms with Crippen molar-refractivity contribution in [2.24, 2.45) is 0 Å². The number of nitrogens with zero attached hydrogens (tertiary/aromatic N) is 5. The monoisotopic (exact) mass is 406 g/mol. The quantitative estimate of drug-likeness (QED) is 0.517. The lowest BCUT2D eigenvalue weighted by Crippen LogP contribution is -2.14. The Balaban J connectivity index is 1.76. The molecule has 2 heterocycles. The third kappa shape index (κ3) is 3.76. The average Bonchev–Trinajstić information content (AvgIpc) is 3.21. The van der Waals surface area contributed by atoms with E-state index in [1.807, 2.05) is 43.4 Å². The zero-order valence-corrected chi connectivity index (χ0v) is 17.7. The van der Waals surface area contributed by atoms with Crippen molar-refractivity contribution in [3.05, 3.63) is 70.5 Å². The summed E-state index contributed by atoms with van der Waals surface area (Å²) in [6.45, 7) is 4.95. The number of fused-ring (bicyclic) bond motifs is 1. The molecule has 4 aromatic rings. The second-order valence-corrected chi connectivity index (χ2v) is 7.67. The fraction of sp³-hybridized carbons (Fsp3) is 0.227. The molecule has 4 rings (SSSR count). The lowest BCUT2D eigenvalue weighted by Gasteiger charge is -2.18. The van der Waals surface area contributed by atoms with Gasteiger partial charge in [0.15, 0.2) is 0 Å². The molecule has 0 atom stereocenters. The first kappa shape index (κ1) is 19.2. The highest BCUT2D eigenvalue weighted by Gasteiger charge is 2.14. The second kappa shape index (κ2) is 7.72. The summed E-state index contributed by atoms with van der Waals surface area (Å²) < 4.78 is 1.65. The van der Waals surface area contributed by atoms with Gasteiger partial charge in [0.2, 0.25) is 0 Å². The van der Waals surface area contributed by atoms with Gasteiger partial charge in [-0.25, -0.2) is 9.67 Å². The summed E-state index contributed by atoms with van der Waals surface area (Å²) in [6, 6.07) is 12.1. The molecule has 0 unspecified atom stereocenters. The zero-order valence-electron chi connectivity index (χ0n) is 16.9. The Bertz CT molecular complexity index is 1150. The van der Waals surface area contributed by atoms with E-state index in [1.54, 1.807) is 10.9 Å². The van der Waals surface area contributed by atoms with Crippen molar-refractivity contribution in [3.8, 4) is 5.95 Å². The molecule has 148 valence electrons. The average molecular weight is 407 g/mol. The Morgan fingerprint density at radius 1 is 1.07 bits per heavy atom. The molecule has 0 spiro atoms. The van der Waals surface area contributed by atoms with Crippen molar-refractivity contribution in [3.63, 3.8) is 0 Å². The van der Waals surface area contributed by atoms with Crippen molar-refractivity contribution < 1.29 is 0 Å². The van der Waals surface area contributed by atoms with Crippen LogP contribution in [0.4, 0.5) is 11.5 Å². The van der Waals surface area contributed by atoms with E-state index in [4.69, 9.17) is 16.6 Å². The smallest absolute Gasteiger partial charge is 0.253 e. The molecular formula is C22H23ClN6. The molecule has 0 aliphatic carbocycles. The molecule has 6 nitrogen and oxygen atoms in total. The van der Waals surface area contributed by atoms with Crippen LogP contribution in [0.15, 0.2) is 48.8 Å². The van der Waals surface area contributed by atoms with Gasteiger partial charge in [0.25, 0.3) is 5.95 Å². The Morgan fingerprint density at radius 3 is 2.48 bits per heavy atom. The summed E-state index contributed by atoms with van der Waals surface area (Å²) in [4.78, 5) is 11.3. The number of aryl methyl sites for hydroxylation is 2.